The molecule has 0 saturated heterocycles. The summed E-state index contributed by atoms with van der Waals surface area (Å²) >= 11 is 5.93. The van der Waals surface area contributed by atoms with Crippen molar-refractivity contribution in [3.63, 3.8) is 0 Å². The lowest BCUT2D eigenvalue weighted by Gasteiger charge is -2.29. The average Bonchev–Trinajstić information content (AvgIpc) is 2.70. The molecular formula is C23H29ClN2O2. The number of carbonyl (C=O) groups is 2. The third kappa shape index (κ3) is 7.01. The van der Waals surface area contributed by atoms with Crippen LogP contribution in [0.1, 0.15) is 37.8 Å². The van der Waals surface area contributed by atoms with Gasteiger partial charge in [-0.1, -0.05) is 67.4 Å². The first kappa shape index (κ1) is 22.0. The molecule has 28 heavy (non-hydrogen) atoms. The molecule has 1 atom stereocenters. The Morgan fingerprint density at radius 3 is 2.36 bits per heavy atom. The van der Waals surface area contributed by atoms with E-state index in [1.807, 2.05) is 42.5 Å². The number of unbranched alkanes of at least 4 members (excludes halogenated alkanes) is 1. The number of carbonyl (C=O) groups excluding carboxylic acids is 2. The van der Waals surface area contributed by atoms with Crippen LogP contribution in [0.4, 0.5) is 0 Å². The first-order valence-electron chi connectivity index (χ1n) is 9.86. The van der Waals surface area contributed by atoms with E-state index in [0.29, 0.717) is 24.5 Å². The zero-order valence-electron chi connectivity index (χ0n) is 16.7. The normalized spacial score (nSPS) is 11.7. The minimum Gasteiger partial charge on any atom is -0.354 e. The van der Waals surface area contributed by atoms with Crippen molar-refractivity contribution in [3.8, 4) is 0 Å². The molecular weight excluding hydrogens is 372 g/mol. The minimum absolute atomic E-state index is 0.0589. The van der Waals surface area contributed by atoms with Crippen molar-refractivity contribution in [1.29, 1.82) is 0 Å². The predicted octanol–water partition coefficient (Wildman–Crippen LogP) is 4.26. The highest BCUT2D eigenvalue weighted by Crippen LogP contribution is 2.13. The van der Waals surface area contributed by atoms with E-state index in [1.54, 1.807) is 24.0 Å². The fourth-order valence-electron chi connectivity index (χ4n) is 2.98. The maximum Gasteiger partial charge on any atom is 0.242 e. The van der Waals surface area contributed by atoms with Gasteiger partial charge < -0.3 is 10.2 Å². The summed E-state index contributed by atoms with van der Waals surface area (Å²) in [6, 6.07) is 16.7. The summed E-state index contributed by atoms with van der Waals surface area (Å²) in [5.74, 6) is -0.164. The summed E-state index contributed by atoms with van der Waals surface area (Å²) in [4.78, 5) is 27.2. The van der Waals surface area contributed by atoms with E-state index in [1.165, 1.54) is 0 Å². The fourth-order valence-corrected chi connectivity index (χ4v) is 3.11. The van der Waals surface area contributed by atoms with Crippen molar-refractivity contribution in [2.75, 3.05) is 13.1 Å². The Kier molecular flexibility index (Phi) is 9.02. The molecule has 0 saturated carbocycles. The first-order valence-corrected chi connectivity index (χ1v) is 10.2. The second-order valence-electron chi connectivity index (χ2n) is 6.95. The molecule has 1 N–H and O–H groups in total. The Labute approximate surface area is 172 Å². The van der Waals surface area contributed by atoms with Gasteiger partial charge in [-0.25, -0.2) is 0 Å². The monoisotopic (exact) mass is 400 g/mol. The largest absolute Gasteiger partial charge is 0.354 e. The zero-order chi connectivity index (χ0) is 20.4. The third-order valence-electron chi connectivity index (χ3n) is 4.75. The van der Waals surface area contributed by atoms with Crippen LogP contribution in [0.25, 0.3) is 0 Å². The zero-order valence-corrected chi connectivity index (χ0v) is 17.4. The number of nitrogens with one attached hydrogen (secondary N) is 1. The van der Waals surface area contributed by atoms with Crippen molar-refractivity contribution < 1.29 is 9.59 Å². The Morgan fingerprint density at radius 2 is 1.71 bits per heavy atom. The van der Waals surface area contributed by atoms with Crippen molar-refractivity contribution in [3.05, 3.63) is 70.7 Å². The van der Waals surface area contributed by atoms with Crippen molar-refractivity contribution in [1.82, 2.24) is 10.2 Å². The number of amides is 2. The molecule has 0 unspecified atom stereocenters. The van der Waals surface area contributed by atoms with E-state index in [-0.39, 0.29) is 18.2 Å². The average molecular weight is 401 g/mol. The van der Waals surface area contributed by atoms with Gasteiger partial charge in [0.05, 0.1) is 6.42 Å². The number of halogens is 1. The third-order valence-corrected chi connectivity index (χ3v) is 5.00. The maximum atomic E-state index is 13.0. The van der Waals surface area contributed by atoms with Crippen LogP contribution in [-0.2, 0) is 22.4 Å². The van der Waals surface area contributed by atoms with Crippen LogP contribution in [0.5, 0.6) is 0 Å². The molecule has 0 aliphatic carbocycles. The predicted molar refractivity (Wildman–Crippen MR) is 114 cm³/mol. The van der Waals surface area contributed by atoms with Gasteiger partial charge in [0.2, 0.25) is 11.8 Å². The van der Waals surface area contributed by atoms with Gasteiger partial charge in [-0.2, -0.15) is 0 Å². The molecule has 0 radical (unpaired) electrons. The summed E-state index contributed by atoms with van der Waals surface area (Å²) in [7, 11) is 0. The van der Waals surface area contributed by atoms with Gasteiger partial charge in [0.25, 0.3) is 0 Å². The number of benzene rings is 2. The maximum absolute atomic E-state index is 13.0. The Morgan fingerprint density at radius 1 is 1.04 bits per heavy atom. The second-order valence-corrected chi connectivity index (χ2v) is 7.38. The molecule has 2 aromatic rings. The van der Waals surface area contributed by atoms with Crippen molar-refractivity contribution >= 4 is 23.4 Å². The molecule has 150 valence electrons. The number of hydrogen-bond donors (Lipinski definition) is 1. The van der Waals surface area contributed by atoms with Crippen molar-refractivity contribution in [2.45, 2.75) is 45.6 Å². The van der Waals surface area contributed by atoms with E-state index in [4.69, 9.17) is 11.6 Å². The minimum atomic E-state index is -0.514. The van der Waals surface area contributed by atoms with Crippen LogP contribution in [-0.4, -0.2) is 35.8 Å². The topological polar surface area (TPSA) is 49.4 Å². The van der Waals surface area contributed by atoms with E-state index in [0.717, 1.165) is 24.0 Å². The van der Waals surface area contributed by atoms with Gasteiger partial charge in [0.1, 0.15) is 6.04 Å². The molecule has 0 fully saturated rings. The molecule has 2 aromatic carbocycles. The SMILES string of the molecule is CCCCNC(=O)[C@H](C)N(CCc1ccccc1)C(=O)Cc1ccc(Cl)cc1. The standard InChI is InChI=1S/C23H29ClN2O2/c1-3-4-15-25-23(28)18(2)26(16-14-19-8-6-5-7-9-19)22(27)17-20-10-12-21(24)13-11-20/h5-13,18H,3-4,14-17H2,1-2H3,(H,25,28)/t18-/m0/s1. The van der Waals surface area contributed by atoms with Crippen LogP contribution in [0.3, 0.4) is 0 Å². The molecule has 0 aromatic heterocycles. The number of hydrogen-bond acceptors (Lipinski definition) is 2. The van der Waals surface area contributed by atoms with Gasteiger partial charge in [0.15, 0.2) is 0 Å². The Balaban J connectivity index is 2.08. The van der Waals surface area contributed by atoms with Crippen LogP contribution >= 0.6 is 11.6 Å². The molecule has 0 aliphatic heterocycles. The van der Waals surface area contributed by atoms with E-state index >= 15 is 0 Å². The highest BCUT2D eigenvalue weighted by atomic mass is 35.5. The molecule has 4 nitrogen and oxygen atoms in total. The lowest BCUT2D eigenvalue weighted by atomic mass is 10.1. The number of rotatable bonds is 10. The van der Waals surface area contributed by atoms with E-state index < -0.39 is 6.04 Å². The smallest absolute Gasteiger partial charge is 0.242 e. The van der Waals surface area contributed by atoms with Gasteiger partial charge in [-0.15, -0.1) is 0 Å². The van der Waals surface area contributed by atoms with Crippen LogP contribution < -0.4 is 5.32 Å². The lowest BCUT2D eigenvalue weighted by Crippen LogP contribution is -2.49. The second kappa shape index (κ2) is 11.5. The fraction of sp³-hybridized carbons (Fsp3) is 0.391. The number of nitrogens with zero attached hydrogens (tertiary/aromatic N) is 1. The van der Waals surface area contributed by atoms with Gasteiger partial charge in [0, 0.05) is 18.1 Å². The lowest BCUT2D eigenvalue weighted by molar-refractivity contribution is -0.139. The highest BCUT2D eigenvalue weighted by Gasteiger charge is 2.25. The molecule has 2 rings (SSSR count). The molecule has 2 amide bonds. The van der Waals surface area contributed by atoms with Gasteiger partial charge >= 0.3 is 0 Å². The molecule has 0 spiro atoms. The van der Waals surface area contributed by atoms with Crippen molar-refractivity contribution in [2.24, 2.45) is 0 Å². The summed E-state index contributed by atoms with van der Waals surface area (Å²) in [5.41, 5.74) is 2.03. The van der Waals surface area contributed by atoms with E-state index in [2.05, 4.69) is 12.2 Å². The first-order chi connectivity index (χ1) is 13.5. The van der Waals surface area contributed by atoms with Crippen LogP contribution in [0, 0.1) is 0 Å². The highest BCUT2D eigenvalue weighted by molar-refractivity contribution is 6.30. The van der Waals surface area contributed by atoms with Gasteiger partial charge in [-0.05, 0) is 43.0 Å². The van der Waals surface area contributed by atoms with Crippen LogP contribution in [0.15, 0.2) is 54.6 Å². The van der Waals surface area contributed by atoms with E-state index in [9.17, 15) is 9.59 Å². The Bertz CT molecular complexity index is 747. The summed E-state index contributed by atoms with van der Waals surface area (Å²) in [6.07, 6.45) is 2.90. The molecule has 0 aliphatic rings. The van der Waals surface area contributed by atoms with Gasteiger partial charge in [-0.3, -0.25) is 9.59 Å². The summed E-state index contributed by atoms with van der Waals surface area (Å²) in [5, 5.41) is 3.58. The molecule has 0 bridgehead atoms. The molecule has 0 heterocycles. The quantitative estimate of drug-likeness (QED) is 0.606. The Hall–Kier alpha value is -2.33. The van der Waals surface area contributed by atoms with Crippen LogP contribution in [0.2, 0.25) is 5.02 Å². The summed E-state index contributed by atoms with van der Waals surface area (Å²) < 4.78 is 0. The molecule has 5 heteroatoms. The summed E-state index contributed by atoms with van der Waals surface area (Å²) in [6.45, 7) is 5.01.